The maximum absolute atomic E-state index is 6.98. The number of nitrogens with zero attached hydrogens (tertiary/aromatic N) is 1. The number of hydrogen-bond acceptors (Lipinski definition) is 4. The minimum Gasteiger partial charge on any atom is -0.456 e. The summed E-state index contributed by atoms with van der Waals surface area (Å²) >= 11 is 0. The molecule has 2 atom stereocenters. The van der Waals surface area contributed by atoms with Crippen molar-refractivity contribution in [2.24, 2.45) is 4.99 Å². The quantitative estimate of drug-likeness (QED) is 0.201. The summed E-state index contributed by atoms with van der Waals surface area (Å²) in [6.45, 7) is 0. The van der Waals surface area contributed by atoms with E-state index in [1.807, 2.05) is 6.07 Å². The molecule has 238 valence electrons. The smallest absolute Gasteiger partial charge is 0.143 e. The minimum absolute atomic E-state index is 0.189. The van der Waals surface area contributed by atoms with Crippen molar-refractivity contribution in [3.63, 3.8) is 0 Å². The Labute approximate surface area is 291 Å². The van der Waals surface area contributed by atoms with Gasteiger partial charge >= 0.3 is 0 Å². The molecule has 0 bridgehead atoms. The standard InChI is InChI=1S/C46H33N3O/c1-3-14-30(15-4-1)31-26-28-33(29-27-31)44-47-43(32-16-5-2-6-17-32)48-45(49-44)36-20-13-24-40-42(36)50-41-25-12-11-23-39(41)46(40)37-21-9-7-18-34(37)35-19-8-10-22-38(35)46/h1-29,43-44,47H,(H,48,49). The van der Waals surface area contributed by atoms with Crippen LogP contribution >= 0.6 is 0 Å². The van der Waals surface area contributed by atoms with Crippen LogP contribution in [0.4, 0.5) is 0 Å². The van der Waals surface area contributed by atoms with Gasteiger partial charge in [0.1, 0.15) is 29.7 Å². The molecule has 2 unspecified atom stereocenters. The number of amidine groups is 1. The molecule has 0 aromatic heterocycles. The van der Waals surface area contributed by atoms with Crippen LogP contribution in [0.2, 0.25) is 0 Å². The van der Waals surface area contributed by atoms with E-state index in [0.29, 0.717) is 0 Å². The summed E-state index contributed by atoms with van der Waals surface area (Å²) in [6, 6.07) is 62.5. The zero-order valence-corrected chi connectivity index (χ0v) is 27.3. The fourth-order valence-corrected chi connectivity index (χ4v) is 8.24. The highest BCUT2D eigenvalue weighted by atomic mass is 16.5. The van der Waals surface area contributed by atoms with Crippen molar-refractivity contribution in [3.05, 3.63) is 215 Å². The Kier molecular flexibility index (Phi) is 6.58. The first-order valence-corrected chi connectivity index (χ1v) is 17.2. The number of para-hydroxylation sites is 2. The van der Waals surface area contributed by atoms with Gasteiger partial charge in [-0.1, -0.05) is 164 Å². The Bertz CT molecular complexity index is 2370. The summed E-state index contributed by atoms with van der Waals surface area (Å²) in [5.74, 6) is 2.48. The van der Waals surface area contributed by atoms with E-state index in [-0.39, 0.29) is 12.3 Å². The Hall–Kier alpha value is -6.23. The highest BCUT2D eigenvalue weighted by Crippen LogP contribution is 2.62. The molecule has 7 aromatic carbocycles. The third kappa shape index (κ3) is 4.32. The van der Waals surface area contributed by atoms with Crippen LogP contribution in [0.5, 0.6) is 11.5 Å². The van der Waals surface area contributed by atoms with Gasteiger partial charge in [0.15, 0.2) is 0 Å². The van der Waals surface area contributed by atoms with Gasteiger partial charge < -0.3 is 10.1 Å². The molecule has 4 nitrogen and oxygen atoms in total. The van der Waals surface area contributed by atoms with Crippen LogP contribution in [0.1, 0.15) is 51.3 Å². The molecule has 0 amide bonds. The summed E-state index contributed by atoms with van der Waals surface area (Å²) in [5.41, 5.74) is 12.4. The topological polar surface area (TPSA) is 45.6 Å². The Morgan fingerprint density at radius 3 is 1.74 bits per heavy atom. The number of hydrogen-bond donors (Lipinski definition) is 2. The molecule has 2 N–H and O–H groups in total. The van der Waals surface area contributed by atoms with Gasteiger partial charge in [0.05, 0.1) is 11.0 Å². The Balaban J connectivity index is 1.15. The molecule has 0 saturated carbocycles. The zero-order chi connectivity index (χ0) is 33.1. The number of aliphatic imine (C=N–C) groups is 1. The highest BCUT2D eigenvalue weighted by Gasteiger charge is 2.51. The van der Waals surface area contributed by atoms with E-state index < -0.39 is 5.41 Å². The number of rotatable bonds is 4. The van der Waals surface area contributed by atoms with Crippen molar-refractivity contribution >= 4 is 5.84 Å². The van der Waals surface area contributed by atoms with Gasteiger partial charge in [-0.05, 0) is 56.6 Å². The van der Waals surface area contributed by atoms with Crippen molar-refractivity contribution in [1.29, 1.82) is 0 Å². The second-order valence-electron chi connectivity index (χ2n) is 13.1. The Morgan fingerprint density at radius 1 is 0.460 bits per heavy atom. The fourth-order valence-electron chi connectivity index (χ4n) is 8.24. The first-order chi connectivity index (χ1) is 24.8. The predicted octanol–water partition coefficient (Wildman–Crippen LogP) is 10.2. The second kappa shape index (κ2) is 11.4. The fraction of sp³-hybridized carbons (Fsp3) is 0.0652. The van der Waals surface area contributed by atoms with E-state index in [1.54, 1.807) is 0 Å². The van der Waals surface area contributed by atoms with Crippen LogP contribution in [0, 0.1) is 0 Å². The highest BCUT2D eigenvalue weighted by molar-refractivity contribution is 6.03. The lowest BCUT2D eigenvalue weighted by Gasteiger charge is -2.40. The maximum atomic E-state index is 6.98. The van der Waals surface area contributed by atoms with E-state index in [0.717, 1.165) is 45.2 Å². The number of fused-ring (bicyclic) bond motifs is 9. The van der Waals surface area contributed by atoms with Gasteiger partial charge in [-0.15, -0.1) is 0 Å². The van der Waals surface area contributed by atoms with Crippen molar-refractivity contribution in [2.45, 2.75) is 17.7 Å². The lowest BCUT2D eigenvalue weighted by atomic mass is 9.66. The molecule has 0 radical (unpaired) electrons. The van der Waals surface area contributed by atoms with Crippen LogP contribution in [-0.2, 0) is 5.41 Å². The van der Waals surface area contributed by atoms with Crippen LogP contribution in [0.25, 0.3) is 22.3 Å². The van der Waals surface area contributed by atoms with Crippen molar-refractivity contribution < 1.29 is 4.74 Å². The van der Waals surface area contributed by atoms with Crippen LogP contribution in [0.3, 0.4) is 0 Å². The van der Waals surface area contributed by atoms with Gasteiger partial charge in [-0.3, -0.25) is 5.32 Å². The summed E-state index contributed by atoms with van der Waals surface area (Å²) in [7, 11) is 0. The maximum Gasteiger partial charge on any atom is 0.143 e. The van der Waals surface area contributed by atoms with Gasteiger partial charge in [-0.2, -0.15) is 0 Å². The molecule has 0 fully saturated rings. The first-order valence-electron chi connectivity index (χ1n) is 17.2. The second-order valence-corrected chi connectivity index (χ2v) is 13.1. The largest absolute Gasteiger partial charge is 0.456 e. The molecule has 4 heteroatoms. The molecule has 2 heterocycles. The summed E-state index contributed by atoms with van der Waals surface area (Å²) in [6.07, 6.45) is -0.453. The van der Waals surface area contributed by atoms with Crippen LogP contribution in [-0.4, -0.2) is 5.84 Å². The van der Waals surface area contributed by atoms with E-state index in [2.05, 4.69) is 180 Å². The first kappa shape index (κ1) is 28.8. The van der Waals surface area contributed by atoms with Crippen molar-refractivity contribution in [2.75, 3.05) is 0 Å². The van der Waals surface area contributed by atoms with E-state index in [4.69, 9.17) is 9.73 Å². The Morgan fingerprint density at radius 2 is 1.02 bits per heavy atom. The molecule has 1 aliphatic carbocycles. The minimum atomic E-state index is -0.535. The third-order valence-electron chi connectivity index (χ3n) is 10.5. The summed E-state index contributed by atoms with van der Waals surface area (Å²) < 4.78 is 6.98. The van der Waals surface area contributed by atoms with E-state index in [1.165, 1.54) is 33.4 Å². The third-order valence-corrected chi connectivity index (χ3v) is 10.5. The summed E-state index contributed by atoms with van der Waals surface area (Å²) in [4.78, 5) is 5.35. The molecule has 1 spiro atoms. The molecule has 0 saturated heterocycles. The van der Waals surface area contributed by atoms with Crippen molar-refractivity contribution in [3.8, 4) is 33.8 Å². The number of nitrogens with one attached hydrogen (secondary N) is 2. The van der Waals surface area contributed by atoms with Gasteiger partial charge in [0, 0.05) is 11.1 Å². The van der Waals surface area contributed by atoms with E-state index in [9.17, 15) is 0 Å². The van der Waals surface area contributed by atoms with Crippen LogP contribution < -0.4 is 15.4 Å². The zero-order valence-electron chi connectivity index (χ0n) is 27.3. The molecule has 7 aromatic rings. The molecule has 50 heavy (non-hydrogen) atoms. The lowest BCUT2D eigenvalue weighted by Crippen LogP contribution is -2.45. The molecule has 3 aliphatic rings. The normalized spacial score (nSPS) is 17.7. The van der Waals surface area contributed by atoms with Gasteiger partial charge in [0.2, 0.25) is 0 Å². The average Bonchev–Trinajstić information content (AvgIpc) is 3.49. The molecular formula is C46H33N3O. The van der Waals surface area contributed by atoms with Gasteiger partial charge in [0.25, 0.3) is 0 Å². The predicted molar refractivity (Wildman–Crippen MR) is 200 cm³/mol. The average molecular weight is 644 g/mol. The van der Waals surface area contributed by atoms with Crippen LogP contribution in [0.15, 0.2) is 181 Å². The SMILES string of the molecule is c1ccc(-c2ccc(C3NC(c4cccc5c4Oc4ccccc4C54c5ccccc5-c5ccccc54)=NC(c4ccccc4)N3)cc2)cc1. The number of benzene rings is 7. The summed E-state index contributed by atoms with van der Waals surface area (Å²) in [5, 5.41) is 7.57. The lowest BCUT2D eigenvalue weighted by molar-refractivity contribution is 0.405. The van der Waals surface area contributed by atoms with Gasteiger partial charge in [-0.25, -0.2) is 4.99 Å². The van der Waals surface area contributed by atoms with Crippen molar-refractivity contribution in [1.82, 2.24) is 10.6 Å². The molecule has 2 aliphatic heterocycles. The molecule has 10 rings (SSSR count). The molecular weight excluding hydrogens is 611 g/mol. The monoisotopic (exact) mass is 643 g/mol. The van der Waals surface area contributed by atoms with E-state index >= 15 is 0 Å². The number of ether oxygens (including phenoxy) is 1.